The first-order chi connectivity index (χ1) is 10.1. The quantitative estimate of drug-likeness (QED) is 0.221. The molecule has 1 aromatic carbocycles. The summed E-state index contributed by atoms with van der Waals surface area (Å²) in [4.78, 5) is 10.2. The summed E-state index contributed by atoms with van der Waals surface area (Å²) in [5, 5.41) is 10.7. The Morgan fingerprint density at radius 2 is 1.62 bits per heavy atom. The molecule has 0 N–H and O–H groups in total. The maximum atomic E-state index is 10.6. The van der Waals surface area contributed by atoms with Gasteiger partial charge in [-0.25, -0.2) is 0 Å². The van der Waals surface area contributed by atoms with Crippen LogP contribution in [0.25, 0.3) is 0 Å². The van der Waals surface area contributed by atoms with E-state index in [2.05, 4.69) is 6.92 Å². The van der Waals surface area contributed by atoms with Crippen LogP contribution in [0.1, 0.15) is 63.9 Å². The van der Waals surface area contributed by atoms with E-state index in [1.165, 1.54) is 44.9 Å². The Hall–Kier alpha value is -1.09. The third-order valence-corrected chi connectivity index (χ3v) is 4.10. The lowest BCUT2D eigenvalue weighted by Gasteiger charge is -2.09. The predicted octanol–water partition coefficient (Wildman–Crippen LogP) is 5.89. The van der Waals surface area contributed by atoms with E-state index >= 15 is 0 Å². The minimum absolute atomic E-state index is 0.127. The molecule has 0 saturated heterocycles. The minimum atomic E-state index is -0.375. The molecule has 21 heavy (non-hydrogen) atoms. The SMILES string of the molecule is CCCCCCCCCC(Cl)Cc1ccc([N+](=O)[O-])cc1. The van der Waals surface area contributed by atoms with Crippen LogP contribution >= 0.6 is 11.6 Å². The van der Waals surface area contributed by atoms with Gasteiger partial charge in [0.05, 0.1) is 4.92 Å². The molecule has 0 amide bonds. The van der Waals surface area contributed by atoms with E-state index in [0.29, 0.717) is 0 Å². The Bertz CT molecular complexity index is 406. The number of alkyl halides is 1. The monoisotopic (exact) mass is 311 g/mol. The summed E-state index contributed by atoms with van der Waals surface area (Å²) < 4.78 is 0. The molecular weight excluding hydrogens is 286 g/mol. The van der Waals surface area contributed by atoms with Gasteiger partial charge in [-0.3, -0.25) is 10.1 Å². The van der Waals surface area contributed by atoms with E-state index in [4.69, 9.17) is 11.6 Å². The molecule has 118 valence electrons. The van der Waals surface area contributed by atoms with Crippen LogP contribution in [-0.2, 0) is 6.42 Å². The van der Waals surface area contributed by atoms with Gasteiger partial charge in [0.15, 0.2) is 0 Å². The fraction of sp³-hybridized carbons (Fsp3) is 0.647. The van der Waals surface area contributed by atoms with Crippen molar-refractivity contribution in [2.75, 3.05) is 0 Å². The number of rotatable bonds is 11. The molecule has 4 heteroatoms. The average molecular weight is 312 g/mol. The summed E-state index contributed by atoms with van der Waals surface area (Å²) in [5.74, 6) is 0. The van der Waals surface area contributed by atoms with Gasteiger partial charge in [-0.15, -0.1) is 11.6 Å². The highest BCUT2D eigenvalue weighted by Gasteiger charge is 2.08. The Morgan fingerprint density at radius 3 is 2.19 bits per heavy atom. The zero-order valence-corrected chi connectivity index (χ0v) is 13.6. The number of nitro benzene ring substituents is 1. The summed E-state index contributed by atoms with van der Waals surface area (Å²) in [6.07, 6.45) is 10.9. The van der Waals surface area contributed by atoms with Crippen LogP contribution in [0, 0.1) is 10.1 Å². The van der Waals surface area contributed by atoms with E-state index in [0.717, 1.165) is 18.4 Å². The third-order valence-electron chi connectivity index (χ3n) is 3.73. The highest BCUT2D eigenvalue weighted by Crippen LogP contribution is 2.18. The number of hydrogen-bond donors (Lipinski definition) is 0. The number of benzene rings is 1. The number of hydrogen-bond acceptors (Lipinski definition) is 2. The molecule has 0 spiro atoms. The van der Waals surface area contributed by atoms with Gasteiger partial charge in [0.25, 0.3) is 5.69 Å². The second kappa shape index (κ2) is 10.6. The van der Waals surface area contributed by atoms with Crippen LogP contribution in [0.4, 0.5) is 5.69 Å². The van der Waals surface area contributed by atoms with Crippen LogP contribution in [-0.4, -0.2) is 10.3 Å². The number of unbranched alkanes of at least 4 members (excludes halogenated alkanes) is 6. The first kappa shape index (κ1) is 18.0. The molecule has 0 aliphatic heterocycles. The molecule has 0 fully saturated rings. The molecule has 1 unspecified atom stereocenters. The van der Waals surface area contributed by atoms with Crippen molar-refractivity contribution in [1.29, 1.82) is 0 Å². The maximum absolute atomic E-state index is 10.6. The van der Waals surface area contributed by atoms with Crippen LogP contribution in [0.2, 0.25) is 0 Å². The van der Waals surface area contributed by atoms with E-state index in [-0.39, 0.29) is 16.0 Å². The van der Waals surface area contributed by atoms with Gasteiger partial charge in [-0.2, -0.15) is 0 Å². The molecule has 0 heterocycles. The molecule has 3 nitrogen and oxygen atoms in total. The molecule has 0 aliphatic rings. The van der Waals surface area contributed by atoms with Crippen molar-refractivity contribution >= 4 is 17.3 Å². The highest BCUT2D eigenvalue weighted by molar-refractivity contribution is 6.20. The van der Waals surface area contributed by atoms with Crippen molar-refractivity contribution in [2.45, 2.75) is 70.1 Å². The Kier molecular flexibility index (Phi) is 9.07. The van der Waals surface area contributed by atoms with Crippen LogP contribution in [0.15, 0.2) is 24.3 Å². The molecule has 0 bridgehead atoms. The average Bonchev–Trinajstić information content (AvgIpc) is 2.47. The van der Waals surface area contributed by atoms with Crippen molar-refractivity contribution in [3.63, 3.8) is 0 Å². The fourth-order valence-corrected chi connectivity index (χ4v) is 2.77. The Morgan fingerprint density at radius 1 is 1.05 bits per heavy atom. The maximum Gasteiger partial charge on any atom is 0.269 e. The van der Waals surface area contributed by atoms with E-state index in [1.54, 1.807) is 24.3 Å². The standard InChI is InChI=1S/C17H26ClNO2/c1-2-3-4-5-6-7-8-9-16(18)14-15-10-12-17(13-11-15)19(20)21/h10-13,16H,2-9,14H2,1H3. The molecule has 1 aromatic rings. The number of halogens is 1. The second-order valence-electron chi connectivity index (χ2n) is 5.63. The van der Waals surface area contributed by atoms with Crippen LogP contribution in [0.5, 0.6) is 0 Å². The largest absolute Gasteiger partial charge is 0.269 e. The number of nitro groups is 1. The lowest BCUT2D eigenvalue weighted by Crippen LogP contribution is -2.03. The summed E-state index contributed by atoms with van der Waals surface area (Å²) in [5.41, 5.74) is 1.21. The fourth-order valence-electron chi connectivity index (χ4n) is 2.43. The first-order valence-corrected chi connectivity index (χ1v) is 8.44. The summed E-state index contributed by atoms with van der Waals surface area (Å²) >= 11 is 6.35. The molecule has 1 atom stereocenters. The van der Waals surface area contributed by atoms with Gasteiger partial charge in [-0.1, -0.05) is 64.0 Å². The number of non-ortho nitro benzene ring substituents is 1. The minimum Gasteiger partial charge on any atom is -0.258 e. The molecular formula is C17H26ClNO2. The van der Waals surface area contributed by atoms with Crippen LogP contribution < -0.4 is 0 Å². The molecule has 0 aromatic heterocycles. The zero-order chi connectivity index (χ0) is 15.5. The van der Waals surface area contributed by atoms with Crippen molar-refractivity contribution in [1.82, 2.24) is 0 Å². The second-order valence-corrected chi connectivity index (χ2v) is 6.25. The Labute approximate surface area is 132 Å². The summed E-state index contributed by atoms with van der Waals surface area (Å²) in [7, 11) is 0. The topological polar surface area (TPSA) is 43.1 Å². The van der Waals surface area contributed by atoms with E-state index < -0.39 is 0 Å². The lowest BCUT2D eigenvalue weighted by molar-refractivity contribution is -0.384. The van der Waals surface area contributed by atoms with Gasteiger partial charge in [-0.05, 0) is 18.4 Å². The van der Waals surface area contributed by atoms with Gasteiger partial charge < -0.3 is 0 Å². The van der Waals surface area contributed by atoms with Crippen molar-refractivity contribution in [3.8, 4) is 0 Å². The molecule has 0 saturated carbocycles. The third kappa shape index (κ3) is 8.05. The van der Waals surface area contributed by atoms with Crippen molar-refractivity contribution < 1.29 is 4.92 Å². The Balaban J connectivity index is 2.15. The lowest BCUT2D eigenvalue weighted by atomic mass is 10.0. The summed E-state index contributed by atoms with van der Waals surface area (Å²) in [6.45, 7) is 2.23. The van der Waals surface area contributed by atoms with Crippen molar-refractivity contribution in [2.24, 2.45) is 0 Å². The van der Waals surface area contributed by atoms with Gasteiger partial charge in [0.1, 0.15) is 0 Å². The van der Waals surface area contributed by atoms with Crippen LogP contribution in [0.3, 0.4) is 0 Å². The van der Waals surface area contributed by atoms with Crippen molar-refractivity contribution in [3.05, 3.63) is 39.9 Å². The normalized spacial score (nSPS) is 12.3. The molecule has 0 aliphatic carbocycles. The zero-order valence-electron chi connectivity index (χ0n) is 12.9. The smallest absolute Gasteiger partial charge is 0.258 e. The highest BCUT2D eigenvalue weighted by atomic mass is 35.5. The molecule has 0 radical (unpaired) electrons. The van der Waals surface area contributed by atoms with Gasteiger partial charge >= 0.3 is 0 Å². The number of nitrogens with zero attached hydrogens (tertiary/aromatic N) is 1. The molecule has 1 rings (SSSR count). The van der Waals surface area contributed by atoms with Gasteiger partial charge in [0, 0.05) is 17.5 Å². The van der Waals surface area contributed by atoms with Gasteiger partial charge in [0.2, 0.25) is 0 Å². The van der Waals surface area contributed by atoms with E-state index in [9.17, 15) is 10.1 Å². The first-order valence-electron chi connectivity index (χ1n) is 8.01. The van der Waals surface area contributed by atoms with E-state index in [1.807, 2.05) is 0 Å². The predicted molar refractivity (Wildman–Crippen MR) is 89.1 cm³/mol. The summed E-state index contributed by atoms with van der Waals surface area (Å²) in [6, 6.07) is 6.70.